The summed E-state index contributed by atoms with van der Waals surface area (Å²) in [6.45, 7) is 7.14. The van der Waals surface area contributed by atoms with E-state index in [1.807, 2.05) is 33.4 Å². The van der Waals surface area contributed by atoms with Gasteiger partial charge in [-0.1, -0.05) is 20.8 Å². The Kier molecular flexibility index (Phi) is 72.7. The van der Waals surface area contributed by atoms with Crippen molar-refractivity contribution in [2.45, 2.75) is 20.8 Å². The summed E-state index contributed by atoms with van der Waals surface area (Å²) < 4.78 is 0. The third-order valence-electron chi connectivity index (χ3n) is 0.354. The highest BCUT2D eigenvalue weighted by Gasteiger charge is 1.50. The lowest BCUT2D eigenvalue weighted by molar-refractivity contribution is 0.864. The normalized spacial score (nSPS) is 6.00. The van der Waals surface area contributed by atoms with Crippen LogP contribution in [0, 0.1) is 0 Å². The summed E-state index contributed by atoms with van der Waals surface area (Å²) in [6, 6.07) is 0. The third-order valence-corrected chi connectivity index (χ3v) is 0.354. The van der Waals surface area contributed by atoms with Gasteiger partial charge >= 0.3 is 0 Å². The van der Waals surface area contributed by atoms with E-state index in [4.69, 9.17) is 0 Å². The number of thioether (sulfide) groups is 1. The van der Waals surface area contributed by atoms with Gasteiger partial charge in [0.1, 0.15) is 0 Å². The number of hydrogen-bond acceptors (Lipinski definition) is 2. The molecule has 2 heteroatoms. The van der Waals surface area contributed by atoms with E-state index in [-0.39, 0.29) is 0 Å². The second-order valence-corrected chi connectivity index (χ2v) is 1.93. The summed E-state index contributed by atoms with van der Waals surface area (Å²) in [5.74, 6) is 0. The summed E-state index contributed by atoms with van der Waals surface area (Å²) in [6.07, 6.45) is 4.08. The Morgan fingerprint density at radius 3 is 1.33 bits per heavy atom. The Labute approximate surface area is 64.6 Å². The molecular formula is C7H21NS. The average Bonchev–Trinajstić information content (AvgIpc) is 1.94. The van der Waals surface area contributed by atoms with Crippen LogP contribution in [0.25, 0.3) is 0 Å². The van der Waals surface area contributed by atoms with Crippen molar-refractivity contribution >= 4 is 11.8 Å². The molecule has 0 bridgehead atoms. The van der Waals surface area contributed by atoms with Crippen LogP contribution in [0.2, 0.25) is 0 Å². The molecule has 0 aromatic heterocycles. The second-order valence-electron chi connectivity index (χ2n) is 1.12. The van der Waals surface area contributed by atoms with Gasteiger partial charge in [-0.3, -0.25) is 0 Å². The predicted molar refractivity (Wildman–Crippen MR) is 50.4 cm³/mol. The maximum absolute atomic E-state index is 2.93. The van der Waals surface area contributed by atoms with Gasteiger partial charge in [0.2, 0.25) is 0 Å². The Morgan fingerprint density at radius 1 is 1.22 bits per heavy atom. The van der Waals surface area contributed by atoms with Crippen LogP contribution >= 0.6 is 11.8 Å². The molecule has 0 fully saturated rings. The van der Waals surface area contributed by atoms with Crippen LogP contribution < -0.4 is 5.32 Å². The van der Waals surface area contributed by atoms with Crippen molar-refractivity contribution in [3.63, 3.8) is 0 Å². The molecule has 0 aliphatic carbocycles. The SMILES string of the molecule is CC.CCNC.CSC. The fourth-order valence-corrected chi connectivity index (χ4v) is 0. The molecule has 1 nitrogen and oxygen atoms in total. The highest BCUT2D eigenvalue weighted by molar-refractivity contribution is 7.97. The van der Waals surface area contributed by atoms with E-state index in [9.17, 15) is 0 Å². The van der Waals surface area contributed by atoms with Gasteiger partial charge in [-0.2, -0.15) is 11.8 Å². The maximum Gasteiger partial charge on any atom is -0.00804 e. The first-order chi connectivity index (χ1) is 4.33. The van der Waals surface area contributed by atoms with Crippen molar-refractivity contribution in [3.8, 4) is 0 Å². The second kappa shape index (κ2) is 40.5. The van der Waals surface area contributed by atoms with Gasteiger partial charge in [-0.05, 0) is 26.1 Å². The van der Waals surface area contributed by atoms with Gasteiger partial charge in [-0.15, -0.1) is 0 Å². The topological polar surface area (TPSA) is 12.0 Å². The van der Waals surface area contributed by atoms with Crippen LogP contribution in [0.3, 0.4) is 0 Å². The minimum absolute atomic E-state index is 1.07. The fraction of sp³-hybridized carbons (Fsp3) is 1.00. The largest absolute Gasteiger partial charge is 0.320 e. The lowest BCUT2D eigenvalue weighted by Gasteiger charge is -1.76. The molecule has 0 heterocycles. The van der Waals surface area contributed by atoms with Gasteiger partial charge < -0.3 is 5.32 Å². The lowest BCUT2D eigenvalue weighted by atomic mass is 10.8. The van der Waals surface area contributed by atoms with E-state index in [1.165, 1.54) is 0 Å². The monoisotopic (exact) mass is 151 g/mol. The lowest BCUT2D eigenvalue weighted by Crippen LogP contribution is -2.01. The quantitative estimate of drug-likeness (QED) is 0.617. The smallest absolute Gasteiger partial charge is 0.00804 e. The molecule has 0 amide bonds. The minimum Gasteiger partial charge on any atom is -0.320 e. The van der Waals surface area contributed by atoms with Gasteiger partial charge in [0.15, 0.2) is 0 Å². The van der Waals surface area contributed by atoms with E-state index in [0.29, 0.717) is 0 Å². The summed E-state index contributed by atoms with van der Waals surface area (Å²) in [5, 5.41) is 2.93. The Hall–Kier alpha value is 0.310. The molecule has 0 rings (SSSR count). The summed E-state index contributed by atoms with van der Waals surface area (Å²) in [4.78, 5) is 0. The first-order valence-electron chi connectivity index (χ1n) is 3.38. The molecule has 0 aromatic carbocycles. The molecule has 0 aliphatic heterocycles. The van der Waals surface area contributed by atoms with Crippen molar-refractivity contribution in [2.24, 2.45) is 0 Å². The maximum atomic E-state index is 2.93. The number of hydrogen-bond donors (Lipinski definition) is 1. The molecular weight excluding hydrogens is 130 g/mol. The van der Waals surface area contributed by atoms with Gasteiger partial charge in [0.05, 0.1) is 0 Å². The van der Waals surface area contributed by atoms with E-state index in [2.05, 4.69) is 12.2 Å². The van der Waals surface area contributed by atoms with Crippen molar-refractivity contribution in [3.05, 3.63) is 0 Å². The summed E-state index contributed by atoms with van der Waals surface area (Å²) >= 11 is 1.75. The first kappa shape index (κ1) is 16.1. The molecule has 0 unspecified atom stereocenters. The minimum atomic E-state index is 1.07. The average molecular weight is 151 g/mol. The van der Waals surface area contributed by atoms with Crippen molar-refractivity contribution in [1.29, 1.82) is 0 Å². The third kappa shape index (κ3) is 193. The van der Waals surface area contributed by atoms with Crippen molar-refractivity contribution in [1.82, 2.24) is 5.32 Å². The molecule has 0 saturated carbocycles. The Bertz CT molecular complexity index is 16.4. The molecule has 0 spiro atoms. The van der Waals surface area contributed by atoms with E-state index in [1.54, 1.807) is 11.8 Å². The molecule has 60 valence electrons. The van der Waals surface area contributed by atoms with Gasteiger partial charge in [0.25, 0.3) is 0 Å². The molecule has 0 atom stereocenters. The number of nitrogens with one attached hydrogen (secondary N) is 1. The zero-order chi connectivity index (χ0) is 8.12. The molecule has 0 saturated heterocycles. The highest BCUT2D eigenvalue weighted by Crippen LogP contribution is 1.70. The van der Waals surface area contributed by atoms with E-state index >= 15 is 0 Å². The molecule has 9 heavy (non-hydrogen) atoms. The molecule has 1 N–H and O–H groups in total. The number of rotatable bonds is 1. The van der Waals surface area contributed by atoms with Gasteiger partial charge in [0, 0.05) is 0 Å². The van der Waals surface area contributed by atoms with Crippen LogP contribution in [0.4, 0.5) is 0 Å². The van der Waals surface area contributed by atoms with Crippen LogP contribution in [0.15, 0.2) is 0 Å². The predicted octanol–water partition coefficient (Wildman–Crippen LogP) is 2.23. The molecule has 0 aromatic rings. The molecule has 0 aliphatic rings. The zero-order valence-corrected chi connectivity index (χ0v) is 8.43. The van der Waals surface area contributed by atoms with Crippen LogP contribution in [-0.2, 0) is 0 Å². The van der Waals surface area contributed by atoms with Crippen molar-refractivity contribution < 1.29 is 0 Å². The summed E-state index contributed by atoms with van der Waals surface area (Å²) in [5.41, 5.74) is 0. The fourth-order valence-electron chi connectivity index (χ4n) is 0. The van der Waals surface area contributed by atoms with E-state index in [0.717, 1.165) is 6.54 Å². The molecule has 0 radical (unpaired) electrons. The van der Waals surface area contributed by atoms with Crippen LogP contribution in [0.5, 0.6) is 0 Å². The van der Waals surface area contributed by atoms with Gasteiger partial charge in [-0.25, -0.2) is 0 Å². The first-order valence-corrected chi connectivity index (χ1v) is 5.01. The Balaban J connectivity index is -0.0000000646. The zero-order valence-electron chi connectivity index (χ0n) is 7.62. The highest BCUT2D eigenvalue weighted by atomic mass is 32.2. The van der Waals surface area contributed by atoms with E-state index < -0.39 is 0 Å². The standard InChI is InChI=1S/C3H9N.C2H6S.C2H6/c1-3-4-2;1-3-2;1-2/h4H,3H2,1-2H3;1-2H3;1-2H3. The Morgan fingerprint density at radius 2 is 1.33 bits per heavy atom. The summed E-state index contributed by atoms with van der Waals surface area (Å²) in [7, 11) is 1.93. The van der Waals surface area contributed by atoms with Crippen LogP contribution in [-0.4, -0.2) is 26.1 Å². The van der Waals surface area contributed by atoms with Crippen molar-refractivity contribution in [2.75, 3.05) is 26.1 Å². The van der Waals surface area contributed by atoms with Crippen LogP contribution in [0.1, 0.15) is 20.8 Å².